The van der Waals surface area contributed by atoms with E-state index >= 15 is 0 Å². The fourth-order valence-electron chi connectivity index (χ4n) is 1.16. The lowest BCUT2D eigenvalue weighted by atomic mass is 10.2. The van der Waals surface area contributed by atoms with Crippen LogP contribution in [0.3, 0.4) is 0 Å². The Morgan fingerprint density at radius 2 is 1.92 bits per heavy atom. The summed E-state index contributed by atoms with van der Waals surface area (Å²) < 4.78 is 24.1. The molecule has 1 heterocycles. The summed E-state index contributed by atoms with van der Waals surface area (Å²) in [6.07, 6.45) is 0. The molecule has 0 amide bonds. The minimum Gasteiger partial charge on any atom is -0.485 e. The average Bonchev–Trinajstić information content (AvgIpc) is 2.15. The molecule has 1 aliphatic rings. The van der Waals surface area contributed by atoms with E-state index in [-0.39, 0.29) is 11.4 Å². The number of nitrogens with two attached hydrogens (primary N) is 1. The van der Waals surface area contributed by atoms with Crippen LogP contribution in [0.4, 0.5) is 10.1 Å². The number of halogens is 2. The van der Waals surface area contributed by atoms with Gasteiger partial charge in [-0.1, -0.05) is 0 Å². The molecular weight excluding hydrogens is 241 g/mol. The molecule has 0 aliphatic carbocycles. The summed E-state index contributed by atoms with van der Waals surface area (Å²) in [5, 5.41) is 0. The summed E-state index contributed by atoms with van der Waals surface area (Å²) in [6, 6.07) is 1.27. The van der Waals surface area contributed by atoms with Crippen LogP contribution in [0.15, 0.2) is 10.5 Å². The van der Waals surface area contributed by atoms with Gasteiger partial charge in [0.25, 0.3) is 0 Å². The molecule has 0 spiro atoms. The summed E-state index contributed by atoms with van der Waals surface area (Å²) in [6.45, 7) is 0.851. The minimum atomic E-state index is -0.504. The van der Waals surface area contributed by atoms with Crippen LogP contribution < -0.4 is 15.2 Å². The molecule has 2 rings (SSSR count). The van der Waals surface area contributed by atoms with Gasteiger partial charge in [0.05, 0.1) is 4.47 Å². The van der Waals surface area contributed by atoms with E-state index in [4.69, 9.17) is 15.2 Å². The highest BCUT2D eigenvalue weighted by molar-refractivity contribution is 9.10. The first-order valence-electron chi connectivity index (χ1n) is 3.73. The number of fused-ring (bicyclic) bond motifs is 1. The molecular formula is C8H7BrFNO2. The van der Waals surface area contributed by atoms with Crippen molar-refractivity contribution in [2.45, 2.75) is 0 Å². The molecule has 0 bridgehead atoms. The smallest absolute Gasteiger partial charge is 0.188 e. The maximum absolute atomic E-state index is 13.1. The SMILES string of the molecule is Nc1c(F)cc(Br)c2c1OCCO2. The molecule has 0 saturated heterocycles. The second-order valence-corrected chi connectivity index (χ2v) is 3.46. The molecule has 2 N–H and O–H groups in total. The molecule has 0 unspecified atom stereocenters. The van der Waals surface area contributed by atoms with Crippen molar-refractivity contribution < 1.29 is 13.9 Å². The highest BCUT2D eigenvalue weighted by atomic mass is 79.9. The van der Waals surface area contributed by atoms with Crippen LogP contribution in [0.5, 0.6) is 11.5 Å². The molecule has 0 saturated carbocycles. The normalized spacial score (nSPS) is 14.3. The number of hydrogen-bond acceptors (Lipinski definition) is 3. The van der Waals surface area contributed by atoms with Crippen molar-refractivity contribution in [3.05, 3.63) is 16.4 Å². The van der Waals surface area contributed by atoms with Gasteiger partial charge >= 0.3 is 0 Å². The van der Waals surface area contributed by atoms with E-state index in [0.29, 0.717) is 23.4 Å². The largest absolute Gasteiger partial charge is 0.485 e. The second kappa shape index (κ2) is 3.06. The Morgan fingerprint density at radius 3 is 2.62 bits per heavy atom. The standard InChI is InChI=1S/C8H7BrFNO2/c9-4-3-5(10)6(11)8-7(4)12-1-2-13-8/h3H,1-2,11H2. The molecule has 0 aromatic heterocycles. The summed E-state index contributed by atoms with van der Waals surface area (Å²) in [5.74, 6) is 0.263. The molecule has 0 radical (unpaired) electrons. The predicted octanol–water partition coefficient (Wildman–Crippen LogP) is 1.94. The topological polar surface area (TPSA) is 44.5 Å². The number of rotatable bonds is 0. The van der Waals surface area contributed by atoms with Gasteiger partial charge in [-0.25, -0.2) is 4.39 Å². The first-order chi connectivity index (χ1) is 6.20. The van der Waals surface area contributed by atoms with Gasteiger partial charge in [0.15, 0.2) is 17.3 Å². The fraction of sp³-hybridized carbons (Fsp3) is 0.250. The quantitative estimate of drug-likeness (QED) is 0.713. The van der Waals surface area contributed by atoms with Gasteiger partial charge in [-0.2, -0.15) is 0 Å². The molecule has 70 valence electrons. The van der Waals surface area contributed by atoms with Crippen molar-refractivity contribution in [3.8, 4) is 11.5 Å². The van der Waals surface area contributed by atoms with E-state index in [2.05, 4.69) is 15.9 Å². The lowest BCUT2D eigenvalue weighted by molar-refractivity contribution is 0.171. The molecule has 0 fully saturated rings. The number of ether oxygens (including phenoxy) is 2. The zero-order valence-electron chi connectivity index (χ0n) is 6.64. The predicted molar refractivity (Wildman–Crippen MR) is 49.5 cm³/mol. The van der Waals surface area contributed by atoms with Crippen molar-refractivity contribution in [1.29, 1.82) is 0 Å². The lowest BCUT2D eigenvalue weighted by Gasteiger charge is -2.20. The molecule has 1 aromatic carbocycles. The molecule has 1 aliphatic heterocycles. The Hall–Kier alpha value is -0.970. The van der Waals surface area contributed by atoms with Crippen LogP contribution in [0.25, 0.3) is 0 Å². The van der Waals surface area contributed by atoms with E-state index in [9.17, 15) is 4.39 Å². The van der Waals surface area contributed by atoms with E-state index in [1.165, 1.54) is 6.07 Å². The minimum absolute atomic E-state index is 0.00194. The zero-order chi connectivity index (χ0) is 9.42. The van der Waals surface area contributed by atoms with Crippen molar-refractivity contribution >= 4 is 21.6 Å². The molecule has 5 heteroatoms. The van der Waals surface area contributed by atoms with Gasteiger partial charge in [-0.05, 0) is 22.0 Å². The van der Waals surface area contributed by atoms with Gasteiger partial charge < -0.3 is 15.2 Å². The summed E-state index contributed by atoms with van der Waals surface area (Å²) in [5.41, 5.74) is 5.47. The first kappa shape index (κ1) is 8.62. The van der Waals surface area contributed by atoms with Gasteiger partial charge in [0.1, 0.15) is 18.9 Å². The van der Waals surface area contributed by atoms with Gasteiger partial charge in [-0.15, -0.1) is 0 Å². The maximum atomic E-state index is 13.1. The van der Waals surface area contributed by atoms with Crippen molar-refractivity contribution in [2.24, 2.45) is 0 Å². The summed E-state index contributed by atoms with van der Waals surface area (Å²) in [7, 11) is 0. The fourth-order valence-corrected chi connectivity index (χ4v) is 1.65. The van der Waals surface area contributed by atoms with Crippen molar-refractivity contribution in [2.75, 3.05) is 18.9 Å². The van der Waals surface area contributed by atoms with Gasteiger partial charge in [-0.3, -0.25) is 0 Å². The maximum Gasteiger partial charge on any atom is 0.188 e. The lowest BCUT2D eigenvalue weighted by Crippen LogP contribution is -2.17. The van der Waals surface area contributed by atoms with E-state index < -0.39 is 5.82 Å². The van der Waals surface area contributed by atoms with E-state index in [1.807, 2.05) is 0 Å². The third kappa shape index (κ3) is 1.33. The Labute approximate surface area is 82.8 Å². The van der Waals surface area contributed by atoms with Crippen LogP contribution in [-0.4, -0.2) is 13.2 Å². The van der Waals surface area contributed by atoms with Crippen LogP contribution in [0, 0.1) is 5.82 Å². The monoisotopic (exact) mass is 247 g/mol. The Balaban J connectivity index is 2.63. The van der Waals surface area contributed by atoms with Gasteiger partial charge in [0, 0.05) is 0 Å². The van der Waals surface area contributed by atoms with E-state index in [1.54, 1.807) is 0 Å². The Kier molecular flexibility index (Phi) is 2.03. The van der Waals surface area contributed by atoms with Crippen molar-refractivity contribution in [1.82, 2.24) is 0 Å². The Morgan fingerprint density at radius 1 is 1.31 bits per heavy atom. The molecule has 1 aromatic rings. The first-order valence-corrected chi connectivity index (χ1v) is 4.52. The molecule has 13 heavy (non-hydrogen) atoms. The highest BCUT2D eigenvalue weighted by Crippen LogP contribution is 2.43. The van der Waals surface area contributed by atoms with Crippen LogP contribution >= 0.6 is 15.9 Å². The van der Waals surface area contributed by atoms with Gasteiger partial charge in [0.2, 0.25) is 0 Å². The number of anilines is 1. The molecule has 3 nitrogen and oxygen atoms in total. The summed E-state index contributed by atoms with van der Waals surface area (Å²) >= 11 is 3.17. The van der Waals surface area contributed by atoms with Crippen LogP contribution in [0.2, 0.25) is 0 Å². The number of nitrogen functional groups attached to an aromatic ring is 1. The average molecular weight is 248 g/mol. The van der Waals surface area contributed by atoms with E-state index in [0.717, 1.165) is 0 Å². The Bertz CT molecular complexity index is 356. The highest BCUT2D eigenvalue weighted by Gasteiger charge is 2.20. The van der Waals surface area contributed by atoms with Crippen molar-refractivity contribution in [3.63, 3.8) is 0 Å². The number of hydrogen-bond donors (Lipinski definition) is 1. The number of benzene rings is 1. The van der Waals surface area contributed by atoms with Crippen LogP contribution in [0.1, 0.15) is 0 Å². The third-order valence-corrected chi connectivity index (χ3v) is 2.34. The second-order valence-electron chi connectivity index (χ2n) is 2.61. The zero-order valence-corrected chi connectivity index (χ0v) is 8.23. The molecule has 0 atom stereocenters. The third-order valence-electron chi connectivity index (χ3n) is 1.75. The summed E-state index contributed by atoms with van der Waals surface area (Å²) in [4.78, 5) is 0. The van der Waals surface area contributed by atoms with Crippen LogP contribution in [-0.2, 0) is 0 Å².